The summed E-state index contributed by atoms with van der Waals surface area (Å²) in [5, 5.41) is 8.48. The fourth-order valence-corrected chi connectivity index (χ4v) is 1.70. The largest absolute Gasteiger partial charge is 0.573 e. The standard InChI is InChI=1S/C9H5F4IN2O/c10-4-6-7(17-9(11,12)13)3-5(1-2-15)8(14)16-6/h3H,1,4H2. The normalized spacial score (nSPS) is 11.1. The third-order valence-electron chi connectivity index (χ3n) is 1.71. The van der Waals surface area contributed by atoms with Gasteiger partial charge in [0.1, 0.15) is 16.1 Å². The molecule has 0 N–H and O–H groups in total. The van der Waals surface area contributed by atoms with Gasteiger partial charge in [-0.2, -0.15) is 5.26 Å². The first-order chi connectivity index (χ1) is 7.87. The van der Waals surface area contributed by atoms with Crippen LogP contribution in [-0.2, 0) is 13.1 Å². The number of halogens is 5. The number of hydrogen-bond acceptors (Lipinski definition) is 3. The van der Waals surface area contributed by atoms with E-state index in [1.807, 2.05) is 0 Å². The zero-order valence-electron chi connectivity index (χ0n) is 8.18. The highest BCUT2D eigenvalue weighted by Crippen LogP contribution is 2.28. The summed E-state index contributed by atoms with van der Waals surface area (Å²) in [5.74, 6) is -0.703. The highest BCUT2D eigenvalue weighted by atomic mass is 127. The lowest BCUT2D eigenvalue weighted by Gasteiger charge is -2.12. The van der Waals surface area contributed by atoms with Crippen molar-refractivity contribution in [2.24, 2.45) is 0 Å². The van der Waals surface area contributed by atoms with E-state index in [0.29, 0.717) is 0 Å². The third kappa shape index (κ3) is 3.99. The van der Waals surface area contributed by atoms with Crippen molar-refractivity contribution in [2.45, 2.75) is 19.5 Å². The van der Waals surface area contributed by atoms with Gasteiger partial charge in [-0.1, -0.05) is 0 Å². The predicted molar refractivity (Wildman–Crippen MR) is 57.8 cm³/mol. The van der Waals surface area contributed by atoms with Gasteiger partial charge in [-0.15, -0.1) is 13.2 Å². The molecule has 0 saturated carbocycles. The Morgan fingerprint density at radius 1 is 1.47 bits per heavy atom. The number of rotatable bonds is 3. The summed E-state index contributed by atoms with van der Waals surface area (Å²) in [6.45, 7) is -1.17. The number of ether oxygens (including phenoxy) is 1. The number of nitrogens with zero attached hydrogens (tertiary/aromatic N) is 2. The Kier molecular flexibility index (Phi) is 4.50. The maximum Gasteiger partial charge on any atom is 0.573 e. The molecule has 0 aliphatic rings. The molecular weight excluding hydrogens is 355 g/mol. The van der Waals surface area contributed by atoms with Gasteiger partial charge in [-0.3, -0.25) is 0 Å². The van der Waals surface area contributed by atoms with Crippen LogP contribution in [0.2, 0.25) is 0 Å². The van der Waals surface area contributed by atoms with Gasteiger partial charge in [-0.25, -0.2) is 9.37 Å². The van der Waals surface area contributed by atoms with Crippen molar-refractivity contribution in [2.75, 3.05) is 0 Å². The molecule has 0 fully saturated rings. The van der Waals surface area contributed by atoms with Crippen LogP contribution >= 0.6 is 22.6 Å². The van der Waals surface area contributed by atoms with Crippen LogP contribution in [0.3, 0.4) is 0 Å². The lowest BCUT2D eigenvalue weighted by molar-refractivity contribution is -0.275. The highest BCUT2D eigenvalue weighted by Gasteiger charge is 2.32. The third-order valence-corrected chi connectivity index (χ3v) is 2.64. The second-order valence-corrected chi connectivity index (χ2v) is 3.92. The molecule has 0 spiro atoms. The van der Waals surface area contributed by atoms with Gasteiger partial charge in [-0.05, 0) is 28.7 Å². The Hall–Kier alpha value is -1.11. The van der Waals surface area contributed by atoms with Crippen molar-refractivity contribution in [3.63, 3.8) is 0 Å². The molecule has 0 aliphatic heterocycles. The van der Waals surface area contributed by atoms with E-state index >= 15 is 0 Å². The summed E-state index contributed by atoms with van der Waals surface area (Å²) in [6, 6.07) is 2.76. The van der Waals surface area contributed by atoms with Crippen molar-refractivity contribution in [1.29, 1.82) is 5.26 Å². The van der Waals surface area contributed by atoms with Gasteiger partial charge in [0.25, 0.3) is 0 Å². The van der Waals surface area contributed by atoms with Crippen LogP contribution in [0.4, 0.5) is 17.6 Å². The van der Waals surface area contributed by atoms with Crippen molar-refractivity contribution < 1.29 is 22.3 Å². The molecular formula is C9H5F4IN2O. The molecule has 0 bridgehead atoms. The molecule has 0 amide bonds. The Morgan fingerprint density at radius 2 is 2.12 bits per heavy atom. The molecule has 1 aromatic rings. The van der Waals surface area contributed by atoms with Crippen molar-refractivity contribution >= 4 is 22.6 Å². The summed E-state index contributed by atoms with van der Waals surface area (Å²) in [5.41, 5.74) is -0.169. The Bertz CT molecular complexity index is 456. The number of hydrogen-bond donors (Lipinski definition) is 0. The molecule has 1 heterocycles. The van der Waals surface area contributed by atoms with Gasteiger partial charge in [0.05, 0.1) is 12.5 Å². The number of aromatic nitrogens is 1. The SMILES string of the molecule is N#CCc1cc(OC(F)(F)F)c(CF)nc1I. The van der Waals surface area contributed by atoms with Crippen LogP contribution in [0.25, 0.3) is 0 Å². The molecule has 0 atom stereocenters. The van der Waals surface area contributed by atoms with E-state index in [9.17, 15) is 17.6 Å². The first-order valence-electron chi connectivity index (χ1n) is 4.24. The molecule has 8 heteroatoms. The Labute approximate surface area is 108 Å². The van der Waals surface area contributed by atoms with Crippen molar-refractivity contribution in [1.82, 2.24) is 4.98 Å². The quantitative estimate of drug-likeness (QED) is 0.473. The minimum absolute atomic E-state index is 0.119. The lowest BCUT2D eigenvalue weighted by atomic mass is 10.2. The van der Waals surface area contributed by atoms with Crippen molar-refractivity contribution in [3.05, 3.63) is 21.0 Å². The second kappa shape index (κ2) is 5.48. The van der Waals surface area contributed by atoms with E-state index in [4.69, 9.17) is 5.26 Å². The topological polar surface area (TPSA) is 45.9 Å². The second-order valence-electron chi connectivity index (χ2n) is 2.90. The maximum atomic E-state index is 12.5. The van der Waals surface area contributed by atoms with E-state index < -0.39 is 24.5 Å². The molecule has 92 valence electrons. The predicted octanol–water partition coefficient (Wildman–Crippen LogP) is 3.12. The number of nitriles is 1. The van der Waals surface area contributed by atoms with E-state index in [1.165, 1.54) is 0 Å². The minimum Gasteiger partial charge on any atom is -0.404 e. The fourth-order valence-electron chi connectivity index (χ4n) is 1.06. The molecule has 0 radical (unpaired) electrons. The summed E-state index contributed by atoms with van der Waals surface area (Å²) in [7, 11) is 0. The fraction of sp³-hybridized carbons (Fsp3) is 0.333. The Balaban J connectivity index is 3.18. The summed E-state index contributed by atoms with van der Waals surface area (Å²) < 4.78 is 52.5. The first kappa shape index (κ1) is 14.0. The van der Waals surface area contributed by atoms with Gasteiger partial charge in [0, 0.05) is 5.56 Å². The molecule has 17 heavy (non-hydrogen) atoms. The van der Waals surface area contributed by atoms with E-state index in [1.54, 1.807) is 28.7 Å². The van der Waals surface area contributed by atoms with Gasteiger partial charge >= 0.3 is 6.36 Å². The van der Waals surface area contributed by atoms with Crippen LogP contribution in [-0.4, -0.2) is 11.3 Å². The van der Waals surface area contributed by atoms with Gasteiger partial charge in [0.2, 0.25) is 0 Å². The molecule has 1 aromatic heterocycles. The zero-order chi connectivity index (χ0) is 13.1. The zero-order valence-corrected chi connectivity index (χ0v) is 10.3. The molecule has 3 nitrogen and oxygen atoms in total. The lowest BCUT2D eigenvalue weighted by Crippen LogP contribution is -2.19. The van der Waals surface area contributed by atoms with Crippen LogP contribution < -0.4 is 4.74 Å². The van der Waals surface area contributed by atoms with Gasteiger partial charge < -0.3 is 4.74 Å². The maximum absolute atomic E-state index is 12.5. The molecule has 0 aromatic carbocycles. The molecule has 0 aliphatic carbocycles. The smallest absolute Gasteiger partial charge is 0.404 e. The summed E-state index contributed by atoms with van der Waals surface area (Å²) in [6.07, 6.45) is -5.03. The van der Waals surface area contributed by atoms with Crippen molar-refractivity contribution in [3.8, 4) is 11.8 Å². The average Bonchev–Trinajstić information content (AvgIpc) is 2.20. The molecule has 0 unspecified atom stereocenters. The number of alkyl halides is 4. The first-order valence-corrected chi connectivity index (χ1v) is 5.32. The summed E-state index contributed by atoms with van der Waals surface area (Å²) >= 11 is 1.72. The van der Waals surface area contributed by atoms with E-state index in [0.717, 1.165) is 6.07 Å². The molecule has 0 saturated heterocycles. The van der Waals surface area contributed by atoms with Crippen LogP contribution in [0.1, 0.15) is 11.3 Å². The highest BCUT2D eigenvalue weighted by molar-refractivity contribution is 14.1. The Morgan fingerprint density at radius 3 is 2.59 bits per heavy atom. The average molecular weight is 360 g/mol. The minimum atomic E-state index is -4.91. The molecule has 1 rings (SSSR count). The van der Waals surface area contributed by atoms with E-state index in [-0.39, 0.29) is 15.7 Å². The number of pyridine rings is 1. The van der Waals surface area contributed by atoms with Crippen LogP contribution in [0.5, 0.6) is 5.75 Å². The van der Waals surface area contributed by atoms with E-state index in [2.05, 4.69) is 9.72 Å². The monoisotopic (exact) mass is 360 g/mol. The van der Waals surface area contributed by atoms with Crippen LogP contribution in [0.15, 0.2) is 6.07 Å². The summed E-state index contributed by atoms with van der Waals surface area (Å²) in [4.78, 5) is 3.63. The van der Waals surface area contributed by atoms with Crippen LogP contribution in [0, 0.1) is 15.0 Å². The van der Waals surface area contributed by atoms with Gasteiger partial charge in [0.15, 0.2) is 5.75 Å².